The van der Waals surface area contributed by atoms with Crippen molar-refractivity contribution < 1.29 is 4.39 Å². The minimum atomic E-state index is -0.111. The van der Waals surface area contributed by atoms with Gasteiger partial charge < -0.3 is 5.73 Å². The highest BCUT2D eigenvalue weighted by molar-refractivity contribution is 5.30. The maximum absolute atomic E-state index is 13.2. The second kappa shape index (κ2) is 6.70. The molecule has 2 N–H and O–H groups in total. The van der Waals surface area contributed by atoms with E-state index >= 15 is 0 Å². The van der Waals surface area contributed by atoms with Crippen LogP contribution in [0.3, 0.4) is 0 Å². The van der Waals surface area contributed by atoms with Gasteiger partial charge in [-0.25, -0.2) is 4.39 Å². The van der Waals surface area contributed by atoms with Gasteiger partial charge in [-0.15, -0.1) is 0 Å². The molecule has 0 aliphatic heterocycles. The fraction of sp³-hybridized carbons (Fsp3) is 0.700. The van der Waals surface area contributed by atoms with Crippen LogP contribution in [0.15, 0.2) is 18.2 Å². The Hall–Kier alpha value is -0.890. The van der Waals surface area contributed by atoms with Crippen molar-refractivity contribution in [3.63, 3.8) is 0 Å². The molecule has 2 saturated carbocycles. The van der Waals surface area contributed by atoms with Gasteiger partial charge in [0.15, 0.2) is 0 Å². The van der Waals surface area contributed by atoms with Crippen LogP contribution in [0.4, 0.5) is 4.39 Å². The van der Waals surface area contributed by atoms with Crippen molar-refractivity contribution in [1.29, 1.82) is 0 Å². The Morgan fingerprint density at radius 2 is 1.82 bits per heavy atom. The molecule has 2 aliphatic rings. The van der Waals surface area contributed by atoms with Gasteiger partial charge in [0, 0.05) is 5.54 Å². The van der Waals surface area contributed by atoms with Crippen molar-refractivity contribution in [2.75, 3.05) is 0 Å². The molecular weight excluding hydrogens is 273 g/mol. The van der Waals surface area contributed by atoms with Crippen LogP contribution in [-0.4, -0.2) is 5.54 Å². The molecule has 122 valence electrons. The molecule has 22 heavy (non-hydrogen) atoms. The minimum absolute atomic E-state index is 0.111. The summed E-state index contributed by atoms with van der Waals surface area (Å²) in [4.78, 5) is 0. The smallest absolute Gasteiger partial charge is 0.123 e. The van der Waals surface area contributed by atoms with Crippen molar-refractivity contribution in [2.24, 2.45) is 11.7 Å². The molecular formula is C20H30FN. The zero-order valence-electron chi connectivity index (χ0n) is 13.9. The Kier molecular flexibility index (Phi) is 4.87. The van der Waals surface area contributed by atoms with E-state index in [1.807, 2.05) is 13.0 Å². The first kappa shape index (κ1) is 16.0. The maximum Gasteiger partial charge on any atom is 0.123 e. The van der Waals surface area contributed by atoms with E-state index in [0.717, 1.165) is 11.5 Å². The topological polar surface area (TPSA) is 26.0 Å². The van der Waals surface area contributed by atoms with E-state index in [9.17, 15) is 4.39 Å². The van der Waals surface area contributed by atoms with Gasteiger partial charge >= 0.3 is 0 Å². The second-order valence-electron chi connectivity index (χ2n) is 7.83. The van der Waals surface area contributed by atoms with Gasteiger partial charge in [0.1, 0.15) is 5.82 Å². The Morgan fingerprint density at radius 1 is 1.14 bits per heavy atom. The molecule has 0 unspecified atom stereocenters. The average Bonchev–Trinajstić information content (AvgIpc) is 2.93. The van der Waals surface area contributed by atoms with E-state index in [4.69, 9.17) is 5.73 Å². The van der Waals surface area contributed by atoms with E-state index < -0.39 is 0 Å². The highest BCUT2D eigenvalue weighted by Crippen LogP contribution is 2.40. The average molecular weight is 303 g/mol. The highest BCUT2D eigenvalue weighted by Gasteiger charge is 2.31. The largest absolute Gasteiger partial charge is 0.325 e. The third-order valence-electron chi connectivity index (χ3n) is 6.17. The zero-order chi connectivity index (χ0) is 15.6. The summed E-state index contributed by atoms with van der Waals surface area (Å²) in [6.07, 6.45) is 12.8. The standard InChI is InChI=1S/C20H30FN/c1-15-14-18(21)8-9-19(15)17-6-4-16(5-7-17)10-13-20(22)11-2-3-12-20/h8-9,14,16-17H,2-7,10-13,22H2,1H3. The summed E-state index contributed by atoms with van der Waals surface area (Å²) in [5.41, 5.74) is 9.14. The van der Waals surface area contributed by atoms with Crippen LogP contribution in [0.1, 0.15) is 81.3 Å². The molecule has 0 atom stereocenters. The van der Waals surface area contributed by atoms with E-state index in [-0.39, 0.29) is 11.4 Å². The van der Waals surface area contributed by atoms with Crippen LogP contribution < -0.4 is 5.73 Å². The summed E-state index contributed by atoms with van der Waals surface area (Å²) in [6, 6.07) is 5.30. The van der Waals surface area contributed by atoms with Crippen LogP contribution in [-0.2, 0) is 0 Å². The van der Waals surface area contributed by atoms with Crippen LogP contribution >= 0.6 is 0 Å². The quantitative estimate of drug-likeness (QED) is 0.785. The Labute approximate surface area is 134 Å². The minimum Gasteiger partial charge on any atom is -0.325 e. The zero-order valence-corrected chi connectivity index (χ0v) is 13.9. The van der Waals surface area contributed by atoms with E-state index in [1.54, 1.807) is 12.1 Å². The Balaban J connectivity index is 1.50. The molecule has 0 aromatic heterocycles. The van der Waals surface area contributed by atoms with Crippen molar-refractivity contribution in [3.8, 4) is 0 Å². The molecule has 0 amide bonds. The first-order valence-corrected chi connectivity index (χ1v) is 9.11. The highest BCUT2D eigenvalue weighted by atomic mass is 19.1. The molecule has 1 nitrogen and oxygen atoms in total. The number of hydrogen-bond acceptors (Lipinski definition) is 1. The monoisotopic (exact) mass is 303 g/mol. The van der Waals surface area contributed by atoms with Crippen LogP contribution in [0.5, 0.6) is 0 Å². The van der Waals surface area contributed by atoms with Gasteiger partial charge in [-0.1, -0.05) is 18.9 Å². The first-order chi connectivity index (χ1) is 10.6. The van der Waals surface area contributed by atoms with Crippen LogP contribution in [0, 0.1) is 18.7 Å². The molecule has 1 aromatic rings. The first-order valence-electron chi connectivity index (χ1n) is 9.11. The maximum atomic E-state index is 13.2. The fourth-order valence-electron chi connectivity index (χ4n) is 4.68. The van der Waals surface area contributed by atoms with Crippen molar-refractivity contribution >= 4 is 0 Å². The van der Waals surface area contributed by atoms with Gasteiger partial charge in [-0.2, -0.15) is 0 Å². The van der Waals surface area contributed by atoms with Crippen molar-refractivity contribution in [3.05, 3.63) is 35.1 Å². The third-order valence-corrected chi connectivity index (χ3v) is 6.17. The second-order valence-corrected chi connectivity index (χ2v) is 7.83. The van der Waals surface area contributed by atoms with Crippen molar-refractivity contribution in [1.82, 2.24) is 0 Å². The molecule has 0 radical (unpaired) electrons. The van der Waals surface area contributed by atoms with Gasteiger partial charge in [0.2, 0.25) is 0 Å². The van der Waals surface area contributed by atoms with Gasteiger partial charge in [0.05, 0.1) is 0 Å². The number of aryl methyl sites for hydroxylation is 1. The molecule has 0 bridgehead atoms. The fourth-order valence-corrected chi connectivity index (χ4v) is 4.68. The lowest BCUT2D eigenvalue weighted by Crippen LogP contribution is -2.36. The molecule has 0 spiro atoms. The molecule has 0 saturated heterocycles. The summed E-state index contributed by atoms with van der Waals surface area (Å²) < 4.78 is 13.2. The van der Waals surface area contributed by atoms with Gasteiger partial charge in [-0.3, -0.25) is 0 Å². The summed E-state index contributed by atoms with van der Waals surface area (Å²) in [5, 5.41) is 0. The summed E-state index contributed by atoms with van der Waals surface area (Å²) in [6.45, 7) is 2.04. The molecule has 0 heterocycles. The SMILES string of the molecule is Cc1cc(F)ccc1C1CCC(CCC2(N)CCCC2)CC1. The van der Waals surface area contributed by atoms with E-state index in [0.29, 0.717) is 5.92 Å². The molecule has 2 fully saturated rings. The number of rotatable bonds is 4. The molecule has 2 heteroatoms. The number of halogens is 1. The third kappa shape index (κ3) is 3.71. The normalized spacial score (nSPS) is 28.0. The van der Waals surface area contributed by atoms with Gasteiger partial charge in [0.25, 0.3) is 0 Å². The number of hydrogen-bond donors (Lipinski definition) is 1. The number of nitrogens with two attached hydrogens (primary N) is 1. The predicted octanol–water partition coefficient (Wildman–Crippen LogP) is 5.46. The molecule has 3 rings (SSSR count). The Morgan fingerprint density at radius 3 is 2.45 bits per heavy atom. The Bertz CT molecular complexity index is 496. The summed E-state index contributed by atoms with van der Waals surface area (Å²) in [7, 11) is 0. The molecule has 1 aromatic carbocycles. The van der Waals surface area contributed by atoms with Crippen LogP contribution in [0.25, 0.3) is 0 Å². The summed E-state index contributed by atoms with van der Waals surface area (Å²) >= 11 is 0. The molecule has 2 aliphatic carbocycles. The van der Waals surface area contributed by atoms with E-state index in [2.05, 4.69) is 0 Å². The van der Waals surface area contributed by atoms with Crippen LogP contribution in [0.2, 0.25) is 0 Å². The van der Waals surface area contributed by atoms with E-state index in [1.165, 1.54) is 69.8 Å². The summed E-state index contributed by atoms with van der Waals surface area (Å²) in [5.74, 6) is 1.38. The predicted molar refractivity (Wildman–Crippen MR) is 90.5 cm³/mol. The lowest BCUT2D eigenvalue weighted by Gasteiger charge is -2.32. The number of benzene rings is 1. The lowest BCUT2D eigenvalue weighted by atomic mass is 9.75. The van der Waals surface area contributed by atoms with Gasteiger partial charge in [-0.05, 0) is 93.4 Å². The lowest BCUT2D eigenvalue weighted by molar-refractivity contribution is 0.272. The van der Waals surface area contributed by atoms with Crippen molar-refractivity contribution in [2.45, 2.75) is 82.6 Å².